The molecule has 0 amide bonds. The van der Waals surface area contributed by atoms with Crippen LogP contribution in [0.5, 0.6) is 0 Å². The molecule has 3 unspecified atom stereocenters. The number of aryl methyl sites for hydroxylation is 2. The number of hydrogen-bond donors (Lipinski definition) is 1. The van der Waals surface area contributed by atoms with Crippen LogP contribution in [0.1, 0.15) is 64.5 Å². The molecule has 6 heteroatoms. The van der Waals surface area contributed by atoms with E-state index in [1.165, 1.54) is 6.92 Å². The molecule has 0 radical (unpaired) electrons. The third-order valence-corrected chi connectivity index (χ3v) is 7.47. The van der Waals surface area contributed by atoms with E-state index in [0.29, 0.717) is 16.8 Å². The summed E-state index contributed by atoms with van der Waals surface area (Å²) in [7, 11) is 0. The number of aliphatic hydroxyl groups is 1. The fourth-order valence-electron chi connectivity index (χ4n) is 5.80. The molecule has 0 saturated heterocycles. The first kappa shape index (κ1) is 25.8. The van der Waals surface area contributed by atoms with Gasteiger partial charge in [0, 0.05) is 24.5 Å². The summed E-state index contributed by atoms with van der Waals surface area (Å²) in [5.74, 6) is -1.43. The molecule has 6 nitrogen and oxygen atoms in total. The highest BCUT2D eigenvalue weighted by atomic mass is 16.3. The molecule has 1 heterocycles. The molecule has 4 rings (SSSR count). The quantitative estimate of drug-likeness (QED) is 0.553. The number of aromatic nitrogens is 1. The number of ketones is 1. The number of fused-ring (bicyclic) bond motifs is 1. The molecule has 2 aromatic carbocycles. The second-order valence-electron chi connectivity index (χ2n) is 10.2. The highest BCUT2D eigenvalue weighted by Gasteiger charge is 2.50. The molecule has 0 spiro atoms. The van der Waals surface area contributed by atoms with Crippen LogP contribution in [0.25, 0.3) is 0 Å². The van der Waals surface area contributed by atoms with Gasteiger partial charge in [-0.05, 0) is 49.9 Å². The van der Waals surface area contributed by atoms with Gasteiger partial charge in [0.1, 0.15) is 11.9 Å². The van der Waals surface area contributed by atoms with E-state index in [9.17, 15) is 25.7 Å². The Morgan fingerprint density at radius 1 is 1.08 bits per heavy atom. The Morgan fingerprint density at radius 2 is 1.70 bits per heavy atom. The van der Waals surface area contributed by atoms with E-state index in [1.54, 1.807) is 13.8 Å². The first-order chi connectivity index (χ1) is 17.6. The Morgan fingerprint density at radius 3 is 2.24 bits per heavy atom. The first-order valence-electron chi connectivity index (χ1n) is 12.2. The Bertz CT molecular complexity index is 1470. The van der Waals surface area contributed by atoms with E-state index in [1.807, 2.05) is 61.5 Å². The summed E-state index contributed by atoms with van der Waals surface area (Å²) >= 11 is 0. The Labute approximate surface area is 217 Å². The van der Waals surface area contributed by atoms with Gasteiger partial charge < -0.3 is 5.11 Å². The summed E-state index contributed by atoms with van der Waals surface area (Å²) in [4.78, 5) is 17.7. The van der Waals surface area contributed by atoms with Gasteiger partial charge in [-0.1, -0.05) is 60.2 Å². The van der Waals surface area contributed by atoms with Crippen molar-refractivity contribution >= 4 is 5.78 Å². The lowest BCUT2D eigenvalue weighted by Gasteiger charge is -2.44. The van der Waals surface area contributed by atoms with E-state index in [4.69, 9.17) is 4.98 Å². The molecule has 0 saturated carbocycles. The number of carbonyl (C=O) groups is 1. The van der Waals surface area contributed by atoms with Gasteiger partial charge in [0.2, 0.25) is 0 Å². The average Bonchev–Trinajstić information content (AvgIpc) is 2.87. The van der Waals surface area contributed by atoms with Crippen molar-refractivity contribution in [3.63, 3.8) is 0 Å². The van der Waals surface area contributed by atoms with Gasteiger partial charge in [0.05, 0.1) is 34.9 Å². The SMILES string of the molecule is CC(=O)C1C(c2ccc(C)cc2)c2c(C)nc(C(C#N)(C#N)Cc3ccccc3)c(C#N)c2CC1(C)O. The highest BCUT2D eigenvalue weighted by Crippen LogP contribution is 2.49. The van der Waals surface area contributed by atoms with Gasteiger partial charge in [0.15, 0.2) is 5.41 Å². The molecule has 3 aromatic rings. The molecule has 1 aliphatic carbocycles. The molecule has 0 fully saturated rings. The maximum absolute atomic E-state index is 12.9. The van der Waals surface area contributed by atoms with Crippen molar-refractivity contribution in [2.24, 2.45) is 5.92 Å². The van der Waals surface area contributed by atoms with E-state index >= 15 is 0 Å². The Kier molecular flexibility index (Phi) is 6.70. The molecular formula is C31H28N4O2. The number of pyridine rings is 1. The van der Waals surface area contributed by atoms with E-state index < -0.39 is 22.9 Å². The zero-order valence-corrected chi connectivity index (χ0v) is 21.4. The van der Waals surface area contributed by atoms with Gasteiger partial charge in [-0.2, -0.15) is 15.8 Å². The number of nitrogens with zero attached hydrogens (tertiary/aromatic N) is 4. The van der Waals surface area contributed by atoms with Crippen molar-refractivity contribution in [1.82, 2.24) is 4.98 Å². The minimum absolute atomic E-state index is 0.0342. The fraction of sp³-hybridized carbons (Fsp3) is 0.323. The lowest BCUT2D eigenvalue weighted by atomic mass is 9.61. The van der Waals surface area contributed by atoms with Crippen LogP contribution in [-0.2, 0) is 23.1 Å². The molecule has 184 valence electrons. The second kappa shape index (κ2) is 9.62. The van der Waals surface area contributed by atoms with Crippen LogP contribution < -0.4 is 0 Å². The molecule has 3 atom stereocenters. The molecule has 37 heavy (non-hydrogen) atoms. The van der Waals surface area contributed by atoms with E-state index in [0.717, 1.165) is 16.7 Å². The summed E-state index contributed by atoms with van der Waals surface area (Å²) in [6, 6.07) is 23.4. The zero-order chi connectivity index (χ0) is 27.0. The van der Waals surface area contributed by atoms with Crippen LogP contribution in [0.15, 0.2) is 54.6 Å². The predicted molar refractivity (Wildman–Crippen MR) is 138 cm³/mol. The van der Waals surface area contributed by atoms with Gasteiger partial charge >= 0.3 is 0 Å². The lowest BCUT2D eigenvalue weighted by Crippen LogP contribution is -2.49. The lowest BCUT2D eigenvalue weighted by molar-refractivity contribution is -0.130. The number of Topliss-reactive ketones (excluding diaryl/α,β-unsaturated/α-hetero) is 1. The van der Waals surface area contributed by atoms with Crippen LogP contribution in [0.4, 0.5) is 0 Å². The van der Waals surface area contributed by atoms with Crippen molar-refractivity contribution < 1.29 is 9.90 Å². The number of hydrogen-bond acceptors (Lipinski definition) is 6. The molecule has 1 N–H and O–H groups in total. The number of rotatable bonds is 5. The van der Waals surface area contributed by atoms with Crippen LogP contribution in [0, 0.1) is 53.8 Å². The third kappa shape index (κ3) is 4.40. The average molecular weight is 489 g/mol. The van der Waals surface area contributed by atoms with Crippen LogP contribution >= 0.6 is 0 Å². The van der Waals surface area contributed by atoms with Gasteiger partial charge in [-0.25, -0.2) is 0 Å². The predicted octanol–water partition coefficient (Wildman–Crippen LogP) is 4.74. The van der Waals surface area contributed by atoms with Crippen molar-refractivity contribution in [2.45, 2.75) is 57.5 Å². The topological polar surface area (TPSA) is 122 Å². The van der Waals surface area contributed by atoms with E-state index in [2.05, 4.69) is 18.2 Å². The molecule has 1 aromatic heterocycles. The summed E-state index contributed by atoms with van der Waals surface area (Å²) in [6.45, 7) is 6.85. The number of nitriles is 3. The Balaban J connectivity index is 2.03. The maximum atomic E-state index is 12.9. The minimum Gasteiger partial charge on any atom is -0.389 e. The maximum Gasteiger partial charge on any atom is 0.190 e. The van der Waals surface area contributed by atoms with Crippen molar-refractivity contribution in [1.29, 1.82) is 15.8 Å². The van der Waals surface area contributed by atoms with Gasteiger partial charge in [0.25, 0.3) is 0 Å². The van der Waals surface area contributed by atoms with Crippen molar-refractivity contribution in [3.05, 3.63) is 99.4 Å². The number of benzene rings is 2. The van der Waals surface area contributed by atoms with Gasteiger partial charge in [-0.3, -0.25) is 9.78 Å². The number of carbonyl (C=O) groups excluding carboxylic acids is 1. The monoisotopic (exact) mass is 488 g/mol. The molecule has 0 aliphatic heterocycles. The normalized spacial score (nSPS) is 20.7. The molecular weight excluding hydrogens is 460 g/mol. The standard InChI is InChI=1S/C31H28N4O2/c1-19-10-12-23(13-11-19)27-26-20(2)35-29(31(17-33,18-34)14-22-8-6-5-7-9-22)25(16-32)24(26)15-30(4,37)28(27)21(3)36/h5-13,27-28,37H,14-15H2,1-4H3. The smallest absolute Gasteiger partial charge is 0.190 e. The summed E-state index contributed by atoms with van der Waals surface area (Å²) in [6.07, 6.45) is 0.0983. The second-order valence-corrected chi connectivity index (χ2v) is 10.2. The molecule has 1 aliphatic rings. The van der Waals surface area contributed by atoms with E-state index in [-0.39, 0.29) is 29.9 Å². The first-order valence-corrected chi connectivity index (χ1v) is 12.2. The largest absolute Gasteiger partial charge is 0.389 e. The summed E-state index contributed by atoms with van der Waals surface area (Å²) < 4.78 is 0. The fourth-order valence-corrected chi connectivity index (χ4v) is 5.80. The summed E-state index contributed by atoms with van der Waals surface area (Å²) in [5, 5.41) is 42.5. The van der Waals surface area contributed by atoms with Crippen molar-refractivity contribution in [2.75, 3.05) is 0 Å². The van der Waals surface area contributed by atoms with Crippen LogP contribution in [0.2, 0.25) is 0 Å². The Hall–Kier alpha value is -4.31. The minimum atomic E-state index is -1.70. The van der Waals surface area contributed by atoms with Gasteiger partial charge in [-0.15, -0.1) is 0 Å². The van der Waals surface area contributed by atoms with Crippen molar-refractivity contribution in [3.8, 4) is 18.2 Å². The van der Waals surface area contributed by atoms with Crippen LogP contribution in [-0.4, -0.2) is 21.5 Å². The molecule has 0 bridgehead atoms. The van der Waals surface area contributed by atoms with Crippen LogP contribution in [0.3, 0.4) is 0 Å². The zero-order valence-electron chi connectivity index (χ0n) is 21.4. The third-order valence-electron chi connectivity index (χ3n) is 7.47. The summed E-state index contributed by atoms with van der Waals surface area (Å²) in [5.41, 5.74) is 1.53. The highest BCUT2D eigenvalue weighted by molar-refractivity contribution is 5.82.